The molecular formula is C16H28N4O3. The van der Waals surface area contributed by atoms with E-state index in [2.05, 4.69) is 29.8 Å². The van der Waals surface area contributed by atoms with Crippen LogP contribution < -0.4 is 16.0 Å². The van der Waals surface area contributed by atoms with E-state index in [-0.39, 0.29) is 18.4 Å². The summed E-state index contributed by atoms with van der Waals surface area (Å²) < 4.78 is 0. The number of nitrogens with one attached hydrogen (secondary N) is 3. The number of carbonyl (C=O) groups is 3. The van der Waals surface area contributed by atoms with E-state index in [1.807, 2.05) is 0 Å². The van der Waals surface area contributed by atoms with Gasteiger partial charge in [0.15, 0.2) is 0 Å². The Morgan fingerprint density at radius 3 is 2.61 bits per heavy atom. The molecule has 1 aliphatic heterocycles. The minimum absolute atomic E-state index is 0.199. The van der Waals surface area contributed by atoms with Crippen molar-refractivity contribution in [3.63, 3.8) is 0 Å². The zero-order valence-electron chi connectivity index (χ0n) is 14.1. The third kappa shape index (κ3) is 4.22. The fraction of sp³-hybridized carbons (Fsp3) is 0.812. The van der Waals surface area contributed by atoms with E-state index in [0.717, 1.165) is 30.7 Å². The van der Waals surface area contributed by atoms with Gasteiger partial charge in [-0.1, -0.05) is 13.8 Å². The third-order valence-electron chi connectivity index (χ3n) is 4.73. The molecule has 7 nitrogen and oxygen atoms in total. The van der Waals surface area contributed by atoms with Gasteiger partial charge in [-0.05, 0) is 44.6 Å². The first kappa shape index (κ1) is 17.7. The Balaban J connectivity index is 1.82. The van der Waals surface area contributed by atoms with Gasteiger partial charge in [0.2, 0.25) is 5.91 Å². The van der Waals surface area contributed by atoms with Crippen LogP contribution in [0.3, 0.4) is 0 Å². The van der Waals surface area contributed by atoms with Crippen LogP contribution in [0.25, 0.3) is 0 Å². The topological polar surface area (TPSA) is 90.5 Å². The van der Waals surface area contributed by atoms with Crippen molar-refractivity contribution in [1.82, 2.24) is 20.9 Å². The van der Waals surface area contributed by atoms with Crippen LogP contribution in [0.15, 0.2) is 0 Å². The Kier molecular flexibility index (Phi) is 5.98. The monoisotopic (exact) mass is 324 g/mol. The third-order valence-corrected chi connectivity index (χ3v) is 4.73. The second kappa shape index (κ2) is 7.77. The maximum Gasteiger partial charge on any atom is 0.325 e. The Morgan fingerprint density at radius 1 is 1.26 bits per heavy atom. The van der Waals surface area contributed by atoms with E-state index in [1.165, 1.54) is 0 Å². The Labute approximate surface area is 137 Å². The summed E-state index contributed by atoms with van der Waals surface area (Å²) >= 11 is 0. The predicted molar refractivity (Wildman–Crippen MR) is 86.8 cm³/mol. The Bertz CT molecular complexity index is 458. The van der Waals surface area contributed by atoms with Crippen LogP contribution in [0.5, 0.6) is 0 Å². The lowest BCUT2D eigenvalue weighted by atomic mass is 9.77. The van der Waals surface area contributed by atoms with Crippen LogP contribution in [0, 0.1) is 5.92 Å². The summed E-state index contributed by atoms with van der Waals surface area (Å²) in [5, 5.41) is 8.73. The summed E-state index contributed by atoms with van der Waals surface area (Å²) in [5.41, 5.74) is -0.771. The largest absolute Gasteiger partial charge is 0.353 e. The first-order valence-electron chi connectivity index (χ1n) is 8.60. The number of hydrogen-bond donors (Lipinski definition) is 3. The number of urea groups is 1. The van der Waals surface area contributed by atoms with E-state index in [1.54, 1.807) is 0 Å². The van der Waals surface area contributed by atoms with E-state index in [0.29, 0.717) is 31.8 Å². The smallest absolute Gasteiger partial charge is 0.325 e. The molecule has 1 aliphatic carbocycles. The molecule has 0 radical (unpaired) electrons. The molecule has 0 aromatic heterocycles. The highest BCUT2D eigenvalue weighted by Crippen LogP contribution is 2.36. The normalized spacial score (nSPS) is 27.4. The lowest BCUT2D eigenvalue weighted by Crippen LogP contribution is -2.50. The molecule has 0 unspecified atom stereocenters. The van der Waals surface area contributed by atoms with Gasteiger partial charge in [-0.3, -0.25) is 14.5 Å². The van der Waals surface area contributed by atoms with Crippen molar-refractivity contribution >= 4 is 17.8 Å². The number of imide groups is 1. The highest BCUT2D eigenvalue weighted by molar-refractivity contribution is 6.09. The molecule has 130 valence electrons. The van der Waals surface area contributed by atoms with Crippen LogP contribution in [-0.4, -0.2) is 54.5 Å². The summed E-state index contributed by atoms with van der Waals surface area (Å²) in [6.45, 7) is 6.11. The van der Waals surface area contributed by atoms with Crippen LogP contribution in [0.4, 0.5) is 4.79 Å². The van der Waals surface area contributed by atoms with Gasteiger partial charge in [-0.15, -0.1) is 0 Å². The average molecular weight is 324 g/mol. The summed E-state index contributed by atoms with van der Waals surface area (Å²) in [7, 11) is 0. The van der Waals surface area contributed by atoms with Crippen molar-refractivity contribution in [1.29, 1.82) is 0 Å². The van der Waals surface area contributed by atoms with Crippen LogP contribution in [0.1, 0.15) is 46.0 Å². The summed E-state index contributed by atoms with van der Waals surface area (Å²) in [4.78, 5) is 37.7. The van der Waals surface area contributed by atoms with Crippen molar-refractivity contribution in [3.8, 4) is 0 Å². The second-order valence-corrected chi connectivity index (χ2v) is 6.69. The molecule has 0 aromatic rings. The number of rotatable bonds is 7. The summed E-state index contributed by atoms with van der Waals surface area (Å²) in [6.07, 6.45) is 4.22. The standard InChI is InChI=1S/C16H28N4O3/c1-3-8-17-9-10-18-13(21)11-20-14(22)16(19-15(20)23)6-4-12(2)5-7-16/h12,17H,3-11H2,1-2H3,(H,18,21)(H,19,23). The molecule has 7 heteroatoms. The molecule has 1 spiro atoms. The fourth-order valence-electron chi connectivity index (χ4n) is 3.21. The molecule has 2 fully saturated rings. The van der Waals surface area contributed by atoms with Crippen molar-refractivity contribution in [2.75, 3.05) is 26.2 Å². The predicted octanol–water partition coefficient (Wildman–Crippen LogP) is 0.603. The molecule has 1 saturated carbocycles. The first-order chi connectivity index (χ1) is 11.0. The zero-order chi connectivity index (χ0) is 16.9. The minimum atomic E-state index is -0.771. The van der Waals surface area contributed by atoms with Gasteiger partial charge in [-0.25, -0.2) is 4.79 Å². The summed E-state index contributed by atoms with van der Waals surface area (Å²) in [6, 6.07) is -0.441. The van der Waals surface area contributed by atoms with E-state index in [9.17, 15) is 14.4 Å². The Hall–Kier alpha value is -1.63. The fourth-order valence-corrected chi connectivity index (χ4v) is 3.21. The molecular weight excluding hydrogens is 296 g/mol. The number of carbonyl (C=O) groups excluding carboxylic acids is 3. The summed E-state index contributed by atoms with van der Waals surface area (Å²) in [5.74, 6) is 0.0416. The quantitative estimate of drug-likeness (QED) is 0.472. The van der Waals surface area contributed by atoms with Crippen molar-refractivity contribution in [2.45, 2.75) is 51.5 Å². The maximum absolute atomic E-state index is 12.6. The molecule has 1 heterocycles. The van der Waals surface area contributed by atoms with Crippen LogP contribution >= 0.6 is 0 Å². The minimum Gasteiger partial charge on any atom is -0.353 e. The second-order valence-electron chi connectivity index (χ2n) is 6.69. The lowest BCUT2D eigenvalue weighted by molar-refractivity contribution is -0.136. The number of hydrogen-bond acceptors (Lipinski definition) is 4. The SMILES string of the molecule is CCCNCCNC(=O)CN1C(=O)NC2(CCC(C)CC2)C1=O. The molecule has 0 bridgehead atoms. The highest BCUT2D eigenvalue weighted by atomic mass is 16.2. The molecule has 0 aromatic carbocycles. The number of amides is 4. The van der Waals surface area contributed by atoms with E-state index < -0.39 is 11.6 Å². The molecule has 2 rings (SSSR count). The van der Waals surface area contributed by atoms with Crippen LogP contribution in [0.2, 0.25) is 0 Å². The van der Waals surface area contributed by atoms with Gasteiger partial charge in [0.1, 0.15) is 12.1 Å². The van der Waals surface area contributed by atoms with Gasteiger partial charge in [0, 0.05) is 13.1 Å². The average Bonchev–Trinajstić information content (AvgIpc) is 2.75. The van der Waals surface area contributed by atoms with Crippen LogP contribution in [-0.2, 0) is 9.59 Å². The molecule has 2 aliphatic rings. The molecule has 23 heavy (non-hydrogen) atoms. The molecule has 3 N–H and O–H groups in total. The number of nitrogens with zero attached hydrogens (tertiary/aromatic N) is 1. The van der Waals surface area contributed by atoms with E-state index >= 15 is 0 Å². The van der Waals surface area contributed by atoms with E-state index in [4.69, 9.17) is 0 Å². The maximum atomic E-state index is 12.6. The Morgan fingerprint density at radius 2 is 1.96 bits per heavy atom. The molecule has 1 saturated heterocycles. The van der Waals surface area contributed by atoms with Crippen molar-refractivity contribution in [2.24, 2.45) is 5.92 Å². The van der Waals surface area contributed by atoms with Gasteiger partial charge < -0.3 is 16.0 Å². The zero-order valence-corrected chi connectivity index (χ0v) is 14.1. The van der Waals surface area contributed by atoms with Gasteiger partial charge in [0.05, 0.1) is 0 Å². The van der Waals surface area contributed by atoms with Crippen molar-refractivity contribution < 1.29 is 14.4 Å². The lowest BCUT2D eigenvalue weighted by Gasteiger charge is -2.33. The van der Waals surface area contributed by atoms with Gasteiger partial charge in [-0.2, -0.15) is 0 Å². The first-order valence-corrected chi connectivity index (χ1v) is 8.60. The van der Waals surface area contributed by atoms with Crippen molar-refractivity contribution in [3.05, 3.63) is 0 Å². The highest BCUT2D eigenvalue weighted by Gasteiger charge is 2.52. The molecule has 4 amide bonds. The molecule has 0 atom stereocenters. The van der Waals surface area contributed by atoms with Gasteiger partial charge in [0.25, 0.3) is 5.91 Å². The van der Waals surface area contributed by atoms with Gasteiger partial charge >= 0.3 is 6.03 Å².